The van der Waals surface area contributed by atoms with Crippen molar-refractivity contribution < 1.29 is 9.53 Å². The number of halogens is 1. The van der Waals surface area contributed by atoms with Gasteiger partial charge in [0.05, 0.1) is 0 Å². The third kappa shape index (κ3) is 5.72. The van der Waals surface area contributed by atoms with Gasteiger partial charge in [-0.05, 0) is 57.3 Å². The van der Waals surface area contributed by atoms with E-state index < -0.39 is 5.60 Å². The van der Waals surface area contributed by atoms with E-state index in [2.05, 4.69) is 35.1 Å². The lowest BCUT2D eigenvalue weighted by Gasteiger charge is -2.42. The average Bonchev–Trinajstić information content (AvgIpc) is 2.26. The van der Waals surface area contributed by atoms with Gasteiger partial charge in [-0.1, -0.05) is 29.8 Å². The second kappa shape index (κ2) is 6.02. The number of hydrogen-bond donors (Lipinski definition) is 1. The van der Waals surface area contributed by atoms with Gasteiger partial charge in [-0.2, -0.15) is 0 Å². The third-order valence-electron chi connectivity index (χ3n) is 3.95. The van der Waals surface area contributed by atoms with Crippen LogP contribution in [0, 0.1) is 10.8 Å². The number of hydrogen-bond acceptors (Lipinski definition) is 2. The number of carbonyl (C=O) groups excluding carboxylic acids is 1. The summed E-state index contributed by atoms with van der Waals surface area (Å²) in [6, 6.07) is 0. The van der Waals surface area contributed by atoms with Crippen molar-refractivity contribution in [3.8, 4) is 0 Å². The van der Waals surface area contributed by atoms with E-state index in [1.807, 2.05) is 20.8 Å². The highest BCUT2D eigenvalue weighted by molar-refractivity contribution is 9.09. The van der Waals surface area contributed by atoms with Gasteiger partial charge in [-0.15, -0.1) is 0 Å². The van der Waals surface area contributed by atoms with Gasteiger partial charge in [0.1, 0.15) is 5.60 Å². The topological polar surface area (TPSA) is 38.3 Å². The lowest BCUT2D eigenvalue weighted by atomic mass is 9.66. The molecule has 1 N–H and O–H groups in total. The maximum absolute atomic E-state index is 11.7. The molecule has 0 aromatic rings. The van der Waals surface area contributed by atoms with Gasteiger partial charge < -0.3 is 10.1 Å². The molecule has 19 heavy (non-hydrogen) atoms. The molecule has 0 aliphatic heterocycles. The van der Waals surface area contributed by atoms with Crippen molar-refractivity contribution in [2.75, 3.05) is 11.9 Å². The average molecular weight is 334 g/mol. The monoisotopic (exact) mass is 333 g/mol. The van der Waals surface area contributed by atoms with E-state index in [-0.39, 0.29) is 11.5 Å². The van der Waals surface area contributed by atoms with Gasteiger partial charge in [-0.3, -0.25) is 0 Å². The second-order valence-corrected chi connectivity index (χ2v) is 8.21. The summed E-state index contributed by atoms with van der Waals surface area (Å²) in [5.74, 6) is 0. The number of alkyl halides is 1. The summed E-state index contributed by atoms with van der Waals surface area (Å²) in [6.07, 6.45) is 4.43. The standard InChI is InChI=1S/C15H28BrNO2/c1-13(2,3)19-12(18)17-11-15(10-16)8-6-14(4,5)7-9-15/h6-11H2,1-5H3,(H,17,18). The highest BCUT2D eigenvalue weighted by Crippen LogP contribution is 2.45. The van der Waals surface area contributed by atoms with Crippen LogP contribution >= 0.6 is 15.9 Å². The summed E-state index contributed by atoms with van der Waals surface area (Å²) in [5, 5.41) is 3.87. The molecule has 1 aliphatic carbocycles. The van der Waals surface area contributed by atoms with Crippen LogP contribution in [0.1, 0.15) is 60.3 Å². The minimum absolute atomic E-state index is 0.187. The van der Waals surface area contributed by atoms with E-state index in [9.17, 15) is 4.79 Å². The first-order valence-corrected chi connectivity index (χ1v) is 8.23. The van der Waals surface area contributed by atoms with E-state index in [0.717, 1.165) is 18.2 Å². The van der Waals surface area contributed by atoms with Crippen LogP contribution in [0.25, 0.3) is 0 Å². The van der Waals surface area contributed by atoms with Gasteiger partial charge in [0, 0.05) is 11.9 Å². The largest absolute Gasteiger partial charge is 0.444 e. The van der Waals surface area contributed by atoms with E-state index >= 15 is 0 Å². The normalized spacial score (nSPS) is 21.8. The zero-order chi connectivity index (χ0) is 14.7. The number of rotatable bonds is 3. The fourth-order valence-corrected chi connectivity index (χ4v) is 3.15. The molecule has 0 aromatic heterocycles. The van der Waals surface area contributed by atoms with Crippen LogP contribution in [-0.4, -0.2) is 23.6 Å². The number of nitrogens with one attached hydrogen (secondary N) is 1. The van der Waals surface area contributed by atoms with E-state index in [1.54, 1.807) is 0 Å². The zero-order valence-corrected chi connectivity index (χ0v) is 14.5. The van der Waals surface area contributed by atoms with Crippen molar-refractivity contribution in [2.24, 2.45) is 10.8 Å². The number of amides is 1. The predicted molar refractivity (Wildman–Crippen MR) is 82.7 cm³/mol. The van der Waals surface area contributed by atoms with Crippen molar-refractivity contribution in [3.63, 3.8) is 0 Å². The number of alkyl carbamates (subject to hydrolysis) is 1. The minimum atomic E-state index is -0.430. The van der Waals surface area contributed by atoms with Gasteiger partial charge in [0.15, 0.2) is 0 Å². The molecule has 0 atom stereocenters. The molecule has 1 fully saturated rings. The van der Waals surface area contributed by atoms with Crippen molar-refractivity contribution in [2.45, 2.75) is 65.9 Å². The van der Waals surface area contributed by atoms with Crippen LogP contribution in [0.5, 0.6) is 0 Å². The molecule has 1 aliphatic rings. The van der Waals surface area contributed by atoms with E-state index in [4.69, 9.17) is 4.74 Å². The van der Waals surface area contributed by atoms with Crippen LogP contribution in [-0.2, 0) is 4.74 Å². The molecule has 112 valence electrons. The third-order valence-corrected chi connectivity index (χ3v) is 5.14. The zero-order valence-electron chi connectivity index (χ0n) is 12.9. The summed E-state index contributed by atoms with van der Waals surface area (Å²) in [7, 11) is 0. The molecule has 0 spiro atoms. The SMILES string of the molecule is CC1(C)CCC(CBr)(CNC(=O)OC(C)(C)C)CC1. The molecule has 0 aromatic carbocycles. The van der Waals surface area contributed by atoms with Gasteiger partial charge in [0.25, 0.3) is 0 Å². The Labute approximate surface area is 126 Å². The highest BCUT2D eigenvalue weighted by atomic mass is 79.9. The van der Waals surface area contributed by atoms with Crippen molar-refractivity contribution in [1.82, 2.24) is 5.32 Å². The molecule has 0 heterocycles. The van der Waals surface area contributed by atoms with Crippen molar-refractivity contribution in [1.29, 1.82) is 0 Å². The summed E-state index contributed by atoms with van der Waals surface area (Å²) in [5.41, 5.74) is 0.199. The van der Waals surface area contributed by atoms with E-state index in [0.29, 0.717) is 12.0 Å². The molecule has 1 rings (SSSR count). The lowest BCUT2D eigenvalue weighted by molar-refractivity contribution is 0.0470. The first-order chi connectivity index (χ1) is 8.58. The smallest absolute Gasteiger partial charge is 0.407 e. The Morgan fingerprint density at radius 2 is 1.74 bits per heavy atom. The summed E-state index contributed by atoms with van der Waals surface area (Å²) in [6.45, 7) is 11.0. The Morgan fingerprint density at radius 1 is 1.21 bits per heavy atom. The Kier molecular flexibility index (Phi) is 5.33. The van der Waals surface area contributed by atoms with Crippen molar-refractivity contribution in [3.05, 3.63) is 0 Å². The Balaban J connectivity index is 2.48. The molecule has 3 nitrogen and oxygen atoms in total. The van der Waals surface area contributed by atoms with Gasteiger partial charge in [-0.25, -0.2) is 4.79 Å². The Morgan fingerprint density at radius 3 is 2.16 bits per heavy atom. The maximum atomic E-state index is 11.7. The van der Waals surface area contributed by atoms with E-state index in [1.165, 1.54) is 12.8 Å². The number of carbonyl (C=O) groups is 1. The van der Waals surface area contributed by atoms with Gasteiger partial charge in [0.2, 0.25) is 0 Å². The van der Waals surface area contributed by atoms with Crippen molar-refractivity contribution >= 4 is 22.0 Å². The molecule has 0 saturated heterocycles. The Hall–Kier alpha value is -0.250. The first kappa shape index (κ1) is 16.8. The quantitative estimate of drug-likeness (QED) is 0.772. The molecule has 1 saturated carbocycles. The fourth-order valence-electron chi connectivity index (χ4n) is 2.39. The summed E-state index contributed by atoms with van der Waals surface area (Å²) >= 11 is 3.63. The van der Waals surface area contributed by atoms with Gasteiger partial charge >= 0.3 is 6.09 Å². The summed E-state index contributed by atoms with van der Waals surface area (Å²) < 4.78 is 5.29. The molecule has 4 heteroatoms. The fraction of sp³-hybridized carbons (Fsp3) is 0.933. The lowest BCUT2D eigenvalue weighted by Crippen LogP contribution is -2.44. The maximum Gasteiger partial charge on any atom is 0.407 e. The number of ether oxygens (including phenoxy) is 1. The van der Waals surface area contributed by atoms with Crippen LogP contribution in [0.3, 0.4) is 0 Å². The van der Waals surface area contributed by atoms with Crippen LogP contribution in [0.2, 0.25) is 0 Å². The first-order valence-electron chi connectivity index (χ1n) is 7.10. The molecular weight excluding hydrogens is 306 g/mol. The highest BCUT2D eigenvalue weighted by Gasteiger charge is 2.38. The molecular formula is C15H28BrNO2. The molecule has 1 amide bonds. The second-order valence-electron chi connectivity index (χ2n) is 7.65. The summed E-state index contributed by atoms with van der Waals surface area (Å²) in [4.78, 5) is 11.7. The van der Waals surface area contributed by atoms with Crippen LogP contribution in [0.15, 0.2) is 0 Å². The predicted octanol–water partition coefficient (Wildman–Crippen LogP) is 4.49. The minimum Gasteiger partial charge on any atom is -0.444 e. The molecule has 0 radical (unpaired) electrons. The molecule has 0 bridgehead atoms. The van der Waals surface area contributed by atoms with Crippen LogP contribution in [0.4, 0.5) is 4.79 Å². The molecule has 0 unspecified atom stereocenters. The van der Waals surface area contributed by atoms with Crippen LogP contribution < -0.4 is 5.32 Å². The Bertz CT molecular complexity index is 311.